The monoisotopic (exact) mass is 286 g/mol. The number of rotatable bonds is 2. The molecule has 0 aromatic carbocycles. The standard InChI is InChI=1S/C13H22N2O3S/c1-14-11-9-19(17,18)7-6-15(12(11)16)13-4-2-10(8-13)3-5-13/h10-11,14H,2-9H2,1H3. The minimum Gasteiger partial charge on any atom is -0.335 e. The summed E-state index contributed by atoms with van der Waals surface area (Å²) in [4.78, 5) is 14.5. The molecule has 3 rings (SSSR count). The van der Waals surface area contributed by atoms with E-state index in [0.717, 1.165) is 25.2 Å². The highest BCUT2D eigenvalue weighted by Gasteiger charge is 2.52. The van der Waals surface area contributed by atoms with Gasteiger partial charge in [-0.25, -0.2) is 8.42 Å². The first-order valence-corrected chi connectivity index (χ1v) is 8.97. The Kier molecular flexibility index (Phi) is 3.13. The summed E-state index contributed by atoms with van der Waals surface area (Å²) in [7, 11) is -1.45. The maximum atomic E-state index is 12.6. The second kappa shape index (κ2) is 4.45. The first-order valence-electron chi connectivity index (χ1n) is 7.15. The Morgan fingerprint density at radius 1 is 1.32 bits per heavy atom. The molecule has 2 aliphatic carbocycles. The van der Waals surface area contributed by atoms with Crippen molar-refractivity contribution in [3.05, 3.63) is 0 Å². The highest BCUT2D eigenvalue weighted by atomic mass is 32.2. The van der Waals surface area contributed by atoms with Gasteiger partial charge in [-0.3, -0.25) is 4.79 Å². The topological polar surface area (TPSA) is 66.5 Å². The van der Waals surface area contributed by atoms with Gasteiger partial charge in [-0.2, -0.15) is 0 Å². The lowest BCUT2D eigenvalue weighted by molar-refractivity contribution is -0.138. The van der Waals surface area contributed by atoms with E-state index in [9.17, 15) is 13.2 Å². The van der Waals surface area contributed by atoms with E-state index in [1.807, 2.05) is 4.90 Å². The van der Waals surface area contributed by atoms with Crippen LogP contribution in [0.3, 0.4) is 0 Å². The summed E-state index contributed by atoms with van der Waals surface area (Å²) in [6.45, 7) is 0.381. The second-order valence-corrected chi connectivity index (χ2v) is 8.55. The quantitative estimate of drug-likeness (QED) is 0.785. The van der Waals surface area contributed by atoms with Crippen LogP contribution in [-0.4, -0.2) is 55.9 Å². The van der Waals surface area contributed by atoms with Crippen LogP contribution in [0.15, 0.2) is 0 Å². The third-order valence-corrected chi connectivity index (χ3v) is 6.88. The molecule has 1 heterocycles. The van der Waals surface area contributed by atoms with E-state index in [4.69, 9.17) is 0 Å². The Hall–Kier alpha value is -0.620. The minimum atomic E-state index is -3.12. The van der Waals surface area contributed by atoms with Crippen molar-refractivity contribution < 1.29 is 13.2 Å². The van der Waals surface area contributed by atoms with Gasteiger partial charge in [0.05, 0.1) is 11.5 Å². The largest absolute Gasteiger partial charge is 0.335 e. The van der Waals surface area contributed by atoms with E-state index < -0.39 is 15.9 Å². The van der Waals surface area contributed by atoms with Crippen molar-refractivity contribution in [2.45, 2.75) is 43.7 Å². The van der Waals surface area contributed by atoms with E-state index in [1.54, 1.807) is 7.05 Å². The molecular weight excluding hydrogens is 264 g/mol. The predicted molar refractivity (Wildman–Crippen MR) is 72.5 cm³/mol. The van der Waals surface area contributed by atoms with Gasteiger partial charge in [0.15, 0.2) is 9.84 Å². The van der Waals surface area contributed by atoms with Crippen molar-refractivity contribution in [3.8, 4) is 0 Å². The van der Waals surface area contributed by atoms with Crippen molar-refractivity contribution >= 4 is 15.7 Å². The van der Waals surface area contributed by atoms with Crippen LogP contribution in [0.4, 0.5) is 0 Å². The van der Waals surface area contributed by atoms with E-state index in [1.165, 1.54) is 12.8 Å². The molecule has 1 amide bonds. The Bertz CT molecular complexity index is 480. The fourth-order valence-corrected chi connectivity index (χ4v) is 5.60. The lowest BCUT2D eigenvalue weighted by Gasteiger charge is -2.40. The normalized spacial score (nSPS) is 41.5. The van der Waals surface area contributed by atoms with E-state index >= 15 is 0 Å². The summed E-state index contributed by atoms with van der Waals surface area (Å²) in [5.41, 5.74) is -0.0310. The van der Waals surface area contributed by atoms with Crippen molar-refractivity contribution in [2.75, 3.05) is 25.1 Å². The number of carbonyl (C=O) groups excluding carboxylic acids is 1. The van der Waals surface area contributed by atoms with Crippen LogP contribution < -0.4 is 5.32 Å². The van der Waals surface area contributed by atoms with Crippen molar-refractivity contribution in [1.29, 1.82) is 0 Å². The average molecular weight is 286 g/mol. The molecule has 0 spiro atoms. The van der Waals surface area contributed by atoms with Crippen molar-refractivity contribution in [3.63, 3.8) is 0 Å². The van der Waals surface area contributed by atoms with E-state index in [-0.39, 0.29) is 23.0 Å². The lowest BCUT2D eigenvalue weighted by Crippen LogP contribution is -2.55. The van der Waals surface area contributed by atoms with Gasteiger partial charge < -0.3 is 10.2 Å². The third-order valence-electron chi connectivity index (χ3n) is 5.24. The molecule has 2 saturated carbocycles. The first kappa shape index (κ1) is 13.4. The van der Waals surface area contributed by atoms with Gasteiger partial charge in [0.25, 0.3) is 0 Å². The first-order chi connectivity index (χ1) is 8.96. The van der Waals surface area contributed by atoms with Crippen LogP contribution in [0.25, 0.3) is 0 Å². The molecule has 6 heteroatoms. The number of nitrogens with one attached hydrogen (secondary N) is 1. The molecule has 1 N–H and O–H groups in total. The maximum Gasteiger partial charge on any atom is 0.241 e. The molecule has 2 bridgehead atoms. The highest BCUT2D eigenvalue weighted by molar-refractivity contribution is 7.91. The van der Waals surface area contributed by atoms with Gasteiger partial charge >= 0.3 is 0 Å². The molecule has 19 heavy (non-hydrogen) atoms. The minimum absolute atomic E-state index is 0.00822. The highest BCUT2D eigenvalue weighted by Crippen LogP contribution is 2.51. The van der Waals surface area contributed by atoms with Crippen molar-refractivity contribution in [2.24, 2.45) is 5.92 Å². The molecule has 0 aromatic rings. The number of sulfone groups is 1. The molecule has 0 aromatic heterocycles. The lowest BCUT2D eigenvalue weighted by atomic mass is 9.91. The molecule has 0 radical (unpaired) electrons. The Labute approximate surface area is 114 Å². The van der Waals surface area contributed by atoms with Gasteiger partial charge in [0.1, 0.15) is 6.04 Å². The Morgan fingerprint density at radius 2 is 2.00 bits per heavy atom. The number of fused-ring (bicyclic) bond motifs is 2. The summed E-state index contributed by atoms with van der Waals surface area (Å²) in [6.07, 6.45) is 5.58. The molecule has 108 valence electrons. The van der Waals surface area contributed by atoms with Crippen LogP contribution in [-0.2, 0) is 14.6 Å². The molecule has 1 saturated heterocycles. The number of nitrogens with zero attached hydrogens (tertiary/aromatic N) is 1. The fraction of sp³-hybridized carbons (Fsp3) is 0.923. The van der Waals surface area contributed by atoms with Crippen molar-refractivity contribution in [1.82, 2.24) is 10.2 Å². The third kappa shape index (κ3) is 2.18. The fourth-order valence-electron chi connectivity index (χ4n) is 4.16. The molecule has 1 unspecified atom stereocenters. The smallest absolute Gasteiger partial charge is 0.241 e. The number of likely N-dealkylation sites (N-methyl/N-ethyl adjacent to an activating group) is 1. The number of carbonyl (C=O) groups is 1. The Balaban J connectivity index is 1.90. The van der Waals surface area contributed by atoms with Gasteiger partial charge in [0, 0.05) is 12.1 Å². The summed E-state index contributed by atoms with van der Waals surface area (Å²) in [5, 5.41) is 2.89. The maximum absolute atomic E-state index is 12.6. The van der Waals surface area contributed by atoms with Crippen LogP contribution in [0.2, 0.25) is 0 Å². The summed E-state index contributed by atoms with van der Waals surface area (Å²) >= 11 is 0. The van der Waals surface area contributed by atoms with Crippen LogP contribution in [0.5, 0.6) is 0 Å². The molecule has 3 aliphatic rings. The summed E-state index contributed by atoms with van der Waals surface area (Å²) < 4.78 is 23.9. The van der Waals surface area contributed by atoms with Crippen LogP contribution >= 0.6 is 0 Å². The van der Waals surface area contributed by atoms with Gasteiger partial charge in [0.2, 0.25) is 5.91 Å². The number of hydrogen-bond acceptors (Lipinski definition) is 4. The van der Waals surface area contributed by atoms with E-state index in [2.05, 4.69) is 5.32 Å². The summed E-state index contributed by atoms with van der Waals surface area (Å²) in [5.74, 6) is 0.800. The number of amides is 1. The zero-order chi connectivity index (χ0) is 13.7. The molecule has 3 fully saturated rings. The van der Waals surface area contributed by atoms with E-state index in [0.29, 0.717) is 6.54 Å². The van der Waals surface area contributed by atoms with Gasteiger partial charge in [-0.15, -0.1) is 0 Å². The Morgan fingerprint density at radius 3 is 2.53 bits per heavy atom. The average Bonchev–Trinajstić information content (AvgIpc) is 2.93. The van der Waals surface area contributed by atoms with Gasteiger partial charge in [-0.05, 0) is 45.1 Å². The van der Waals surface area contributed by atoms with Crippen LogP contribution in [0.1, 0.15) is 32.1 Å². The predicted octanol–water partition coefficient (Wildman–Crippen LogP) is 0.164. The zero-order valence-electron chi connectivity index (χ0n) is 11.4. The molecule has 5 nitrogen and oxygen atoms in total. The molecule has 1 aliphatic heterocycles. The number of hydrogen-bond donors (Lipinski definition) is 1. The zero-order valence-corrected chi connectivity index (χ0v) is 12.2. The summed E-state index contributed by atoms with van der Waals surface area (Å²) in [6, 6.07) is -0.568. The molecular formula is C13H22N2O3S. The molecule has 1 atom stereocenters. The second-order valence-electron chi connectivity index (χ2n) is 6.32. The van der Waals surface area contributed by atoms with Gasteiger partial charge in [-0.1, -0.05) is 0 Å². The van der Waals surface area contributed by atoms with Crippen LogP contribution in [0, 0.1) is 5.92 Å². The SMILES string of the molecule is CNC1CS(=O)(=O)CCN(C23CCC(CC2)C3)C1=O.